The third kappa shape index (κ3) is 2.52. The first kappa shape index (κ1) is 12.8. The van der Waals surface area contributed by atoms with E-state index in [-0.39, 0.29) is 17.6 Å². The van der Waals surface area contributed by atoms with Crippen molar-refractivity contribution in [2.45, 2.75) is 38.9 Å². The zero-order valence-electron chi connectivity index (χ0n) is 21.3. The topological polar surface area (TPSA) is 31.6 Å². The van der Waals surface area contributed by atoms with Gasteiger partial charge >= 0.3 is 7.12 Å². The Balaban J connectivity index is 1.89. The van der Waals surface area contributed by atoms with E-state index >= 15 is 0 Å². The maximum absolute atomic E-state index is 8.58. The Labute approximate surface area is 172 Å². The van der Waals surface area contributed by atoms with Gasteiger partial charge in [-0.15, -0.1) is 0 Å². The number of hydrogen-bond acceptors (Lipinski definition) is 3. The van der Waals surface area contributed by atoms with E-state index < -0.39 is 36.4 Å². The second-order valence-electron chi connectivity index (χ2n) is 8.09. The molecule has 3 nitrogen and oxygen atoms in total. The number of rotatable bonds is 2. The molecule has 0 spiro atoms. The highest BCUT2D eigenvalue weighted by molar-refractivity contribution is 6.63. The molecular formula is C24H23BO3. The van der Waals surface area contributed by atoms with E-state index in [1.54, 1.807) is 0 Å². The van der Waals surface area contributed by atoms with Gasteiger partial charge in [-0.2, -0.15) is 0 Å². The third-order valence-corrected chi connectivity index (χ3v) is 5.82. The monoisotopic (exact) mass is 375 g/mol. The first-order valence-electron chi connectivity index (χ1n) is 11.8. The molecule has 0 saturated carbocycles. The maximum atomic E-state index is 8.58. The molecule has 1 aliphatic heterocycles. The smallest absolute Gasteiger partial charge is 0.463 e. The van der Waals surface area contributed by atoms with E-state index in [1.807, 2.05) is 64.1 Å². The fourth-order valence-electron chi connectivity index (χ4n) is 3.59. The molecule has 1 saturated heterocycles. The van der Waals surface area contributed by atoms with E-state index in [9.17, 15) is 0 Å². The van der Waals surface area contributed by atoms with E-state index in [0.29, 0.717) is 22.2 Å². The van der Waals surface area contributed by atoms with Crippen LogP contribution < -0.4 is 5.66 Å². The van der Waals surface area contributed by atoms with Crippen LogP contribution in [-0.2, 0) is 9.31 Å². The minimum Gasteiger partial charge on any atom is -0.463 e. The highest BCUT2D eigenvalue weighted by Gasteiger charge is 2.54. The highest BCUT2D eigenvalue weighted by Crippen LogP contribution is 2.40. The largest absolute Gasteiger partial charge is 0.533 e. The summed E-state index contributed by atoms with van der Waals surface area (Å²) in [6.07, 6.45) is 0. The van der Waals surface area contributed by atoms with Crippen molar-refractivity contribution in [2.75, 3.05) is 0 Å². The lowest BCUT2D eigenvalue weighted by Gasteiger charge is -2.32. The summed E-state index contributed by atoms with van der Waals surface area (Å²) in [5.41, 5.74) is 0.0232. The Hall–Kier alpha value is -2.56. The zero-order valence-corrected chi connectivity index (χ0v) is 16.3. The molecule has 0 unspecified atom stereocenters. The van der Waals surface area contributed by atoms with Crippen molar-refractivity contribution in [2.24, 2.45) is 0 Å². The van der Waals surface area contributed by atoms with Crippen molar-refractivity contribution < 1.29 is 20.6 Å². The van der Waals surface area contributed by atoms with Gasteiger partial charge in [-0.25, -0.2) is 0 Å². The molecule has 0 radical (unpaired) electrons. The van der Waals surface area contributed by atoms with Gasteiger partial charge < -0.3 is 13.7 Å². The van der Waals surface area contributed by atoms with Gasteiger partial charge in [0.25, 0.3) is 0 Å². The minimum atomic E-state index is -0.908. The molecule has 3 aromatic carbocycles. The molecule has 0 aliphatic carbocycles. The molecule has 140 valence electrons. The van der Waals surface area contributed by atoms with Gasteiger partial charge in [0.05, 0.1) is 18.1 Å². The lowest BCUT2D eigenvalue weighted by molar-refractivity contribution is 0.00578. The quantitative estimate of drug-likeness (QED) is 0.431. The van der Waals surface area contributed by atoms with Gasteiger partial charge in [0, 0.05) is 16.3 Å². The Morgan fingerprint density at radius 1 is 0.821 bits per heavy atom. The fraction of sp³-hybridized carbons (Fsp3) is 0.250. The Bertz CT molecular complexity index is 1400. The number of furan rings is 1. The van der Waals surface area contributed by atoms with Crippen LogP contribution in [0.3, 0.4) is 0 Å². The standard InChI is InChI=1S/C24H23BO3/c1-23(2)24(3,4)28-25(27-23)22-20(17-11-6-5-7-12-17)19-15-14-16-10-8-9-13-18(16)21(19)26-22/h5-15H,1-4H3/i5D,6D,7D,11D,12D. The second-order valence-corrected chi connectivity index (χ2v) is 8.09. The van der Waals surface area contributed by atoms with Crippen LogP contribution in [0.2, 0.25) is 0 Å². The van der Waals surface area contributed by atoms with Gasteiger partial charge in [-0.05, 0) is 44.7 Å². The lowest BCUT2D eigenvalue weighted by atomic mass is 9.80. The zero-order chi connectivity index (χ0) is 23.9. The summed E-state index contributed by atoms with van der Waals surface area (Å²) in [4.78, 5) is 0. The summed E-state index contributed by atoms with van der Waals surface area (Å²) in [6.45, 7) is 7.70. The van der Waals surface area contributed by atoms with Crippen LogP contribution in [0.15, 0.2) is 71.0 Å². The van der Waals surface area contributed by atoms with Crippen LogP contribution >= 0.6 is 0 Å². The molecular weight excluding hydrogens is 347 g/mol. The number of benzene rings is 3. The molecule has 28 heavy (non-hydrogen) atoms. The molecule has 0 bridgehead atoms. The number of fused-ring (bicyclic) bond motifs is 3. The van der Waals surface area contributed by atoms with E-state index in [1.165, 1.54) is 0 Å². The lowest BCUT2D eigenvalue weighted by Crippen LogP contribution is -2.41. The molecule has 5 rings (SSSR count). The van der Waals surface area contributed by atoms with Gasteiger partial charge in [0.1, 0.15) is 11.2 Å². The SMILES string of the molecule is [2H]c1c([2H])c([2H])c(-c2c(B3OC(C)(C)C(C)(C)O3)oc3c2ccc2ccccc23)c([2H])c1[2H]. The summed E-state index contributed by atoms with van der Waals surface area (Å²) >= 11 is 0. The van der Waals surface area contributed by atoms with Crippen molar-refractivity contribution in [3.05, 3.63) is 66.6 Å². The minimum absolute atomic E-state index is 0.0692. The van der Waals surface area contributed by atoms with E-state index in [2.05, 4.69) is 0 Å². The van der Waals surface area contributed by atoms with Crippen LogP contribution in [0.1, 0.15) is 34.5 Å². The molecule has 0 N–H and O–H groups in total. The Morgan fingerprint density at radius 2 is 1.50 bits per heavy atom. The maximum Gasteiger partial charge on any atom is 0.533 e. The summed E-state index contributed by atoms with van der Waals surface area (Å²) in [5, 5.41) is 2.45. The molecule has 0 atom stereocenters. The molecule has 0 amide bonds. The predicted octanol–water partition coefficient (Wildman–Crippen LogP) is 5.55. The summed E-state index contributed by atoms with van der Waals surface area (Å²) in [6, 6.07) is 9.68. The second kappa shape index (κ2) is 5.97. The molecule has 4 aromatic rings. The summed E-state index contributed by atoms with van der Waals surface area (Å²) < 4.78 is 60.4. The van der Waals surface area contributed by atoms with Crippen LogP contribution in [0.5, 0.6) is 0 Å². The highest BCUT2D eigenvalue weighted by atomic mass is 16.7. The van der Waals surface area contributed by atoms with Crippen LogP contribution in [0.25, 0.3) is 32.9 Å². The Kier molecular flexibility index (Phi) is 2.73. The van der Waals surface area contributed by atoms with Crippen molar-refractivity contribution >= 4 is 34.5 Å². The van der Waals surface area contributed by atoms with Gasteiger partial charge in [0.15, 0.2) is 0 Å². The number of hydrogen-bond donors (Lipinski definition) is 0. The van der Waals surface area contributed by atoms with Crippen LogP contribution in [0, 0.1) is 0 Å². The first-order chi connectivity index (χ1) is 15.4. The summed E-state index contributed by atoms with van der Waals surface area (Å²) in [5.74, 6) is 0. The first-order valence-corrected chi connectivity index (χ1v) is 9.31. The fourth-order valence-corrected chi connectivity index (χ4v) is 3.59. The molecule has 2 heterocycles. The molecule has 1 aromatic heterocycles. The molecule has 1 aliphatic rings. The molecule has 4 heteroatoms. The van der Waals surface area contributed by atoms with E-state index in [0.717, 1.165) is 10.8 Å². The van der Waals surface area contributed by atoms with E-state index in [4.69, 9.17) is 20.6 Å². The van der Waals surface area contributed by atoms with Crippen LogP contribution in [0.4, 0.5) is 0 Å². The Morgan fingerprint density at radius 3 is 2.21 bits per heavy atom. The summed E-state index contributed by atoms with van der Waals surface area (Å²) in [7, 11) is -0.908. The average molecular weight is 375 g/mol. The van der Waals surface area contributed by atoms with Crippen molar-refractivity contribution in [1.29, 1.82) is 0 Å². The van der Waals surface area contributed by atoms with Crippen LogP contribution in [-0.4, -0.2) is 18.3 Å². The van der Waals surface area contributed by atoms with Crippen molar-refractivity contribution in [1.82, 2.24) is 0 Å². The van der Waals surface area contributed by atoms with Gasteiger partial charge in [0.2, 0.25) is 0 Å². The van der Waals surface area contributed by atoms with Crippen molar-refractivity contribution in [3.8, 4) is 11.1 Å². The third-order valence-electron chi connectivity index (χ3n) is 5.82. The predicted molar refractivity (Wildman–Crippen MR) is 115 cm³/mol. The van der Waals surface area contributed by atoms with Crippen molar-refractivity contribution in [3.63, 3.8) is 0 Å². The average Bonchev–Trinajstić information content (AvgIpc) is 3.25. The van der Waals surface area contributed by atoms with Gasteiger partial charge in [-0.3, -0.25) is 0 Å². The molecule has 1 fully saturated rings. The van der Waals surface area contributed by atoms with Gasteiger partial charge in [-0.1, -0.05) is 60.5 Å². The normalized spacial score (nSPS) is 20.7.